The van der Waals surface area contributed by atoms with Gasteiger partial charge in [0.15, 0.2) is 0 Å². The van der Waals surface area contributed by atoms with Gasteiger partial charge in [0, 0.05) is 36.1 Å². The average molecular weight is 322 g/mol. The third kappa shape index (κ3) is 2.02. The molecule has 2 heterocycles. The highest BCUT2D eigenvalue weighted by Gasteiger charge is 2.26. The van der Waals surface area contributed by atoms with Crippen LogP contribution in [-0.4, -0.2) is 23.1 Å². The fourth-order valence-corrected chi connectivity index (χ4v) is 2.77. The Bertz CT molecular complexity index is 692. The zero-order chi connectivity index (χ0) is 13.6. The number of nitrogens with one attached hydrogen (secondary N) is 1. The van der Waals surface area contributed by atoms with E-state index < -0.39 is 0 Å². The van der Waals surface area contributed by atoms with Gasteiger partial charge in [0.05, 0.1) is 11.2 Å². The van der Waals surface area contributed by atoms with Gasteiger partial charge in [-0.3, -0.25) is 15.0 Å². The Morgan fingerprint density at radius 1 is 1.32 bits per heavy atom. The first-order valence-corrected chi connectivity index (χ1v) is 6.71. The third-order valence-electron chi connectivity index (χ3n) is 3.29. The predicted octanol–water partition coefficient (Wildman–Crippen LogP) is 2.39. The molecule has 1 aliphatic heterocycles. The standard InChI is InChI=1S/C13H12BrN3O2/c1-16-4-2-9-10(16)6-8(14)7-11(9)17-5-3-12(18)15-13(17)19/h2,4,6-7H,3,5H2,1H3,(H,15,18,19). The molecular weight excluding hydrogens is 310 g/mol. The summed E-state index contributed by atoms with van der Waals surface area (Å²) in [6.07, 6.45) is 2.28. The zero-order valence-electron chi connectivity index (χ0n) is 10.3. The SMILES string of the molecule is Cn1ccc2c(N3CCC(=O)NC3=O)cc(Br)cc21. The van der Waals surface area contributed by atoms with E-state index in [2.05, 4.69) is 21.2 Å². The lowest BCUT2D eigenvalue weighted by Gasteiger charge is -2.27. The minimum absolute atomic E-state index is 0.222. The number of halogens is 1. The number of amides is 3. The number of carbonyl (C=O) groups excluding carboxylic acids is 2. The highest BCUT2D eigenvalue weighted by Crippen LogP contribution is 2.32. The van der Waals surface area contributed by atoms with Gasteiger partial charge in [0.1, 0.15) is 0 Å². The van der Waals surface area contributed by atoms with Gasteiger partial charge in [-0.25, -0.2) is 4.79 Å². The van der Waals surface area contributed by atoms with E-state index in [1.165, 1.54) is 0 Å². The summed E-state index contributed by atoms with van der Waals surface area (Å²) in [5.41, 5.74) is 1.85. The maximum absolute atomic E-state index is 11.9. The summed E-state index contributed by atoms with van der Waals surface area (Å²) in [4.78, 5) is 24.8. The van der Waals surface area contributed by atoms with Crippen LogP contribution < -0.4 is 10.2 Å². The summed E-state index contributed by atoms with van der Waals surface area (Å²) in [5, 5.41) is 3.34. The van der Waals surface area contributed by atoms with Crippen molar-refractivity contribution in [2.75, 3.05) is 11.4 Å². The first kappa shape index (κ1) is 12.2. The molecule has 6 heteroatoms. The van der Waals surface area contributed by atoms with Crippen LogP contribution in [-0.2, 0) is 11.8 Å². The number of aromatic nitrogens is 1. The largest absolute Gasteiger partial charge is 0.350 e. The summed E-state index contributed by atoms with van der Waals surface area (Å²) in [6.45, 7) is 0.408. The highest BCUT2D eigenvalue weighted by atomic mass is 79.9. The summed E-state index contributed by atoms with van der Waals surface area (Å²) in [7, 11) is 1.96. The van der Waals surface area contributed by atoms with Gasteiger partial charge in [-0.15, -0.1) is 0 Å². The lowest BCUT2D eigenvalue weighted by Crippen LogP contribution is -2.49. The number of benzene rings is 1. The molecule has 5 nitrogen and oxygen atoms in total. The highest BCUT2D eigenvalue weighted by molar-refractivity contribution is 9.10. The smallest absolute Gasteiger partial charge is 0.328 e. The van der Waals surface area contributed by atoms with Crippen molar-refractivity contribution in [2.24, 2.45) is 7.05 Å². The van der Waals surface area contributed by atoms with E-state index >= 15 is 0 Å². The van der Waals surface area contributed by atoms with E-state index in [4.69, 9.17) is 0 Å². The van der Waals surface area contributed by atoms with Crippen LogP contribution in [0.15, 0.2) is 28.9 Å². The molecular formula is C13H12BrN3O2. The van der Waals surface area contributed by atoms with Crippen LogP contribution in [0.5, 0.6) is 0 Å². The maximum atomic E-state index is 11.9. The molecule has 0 aliphatic carbocycles. The average Bonchev–Trinajstić information content (AvgIpc) is 2.71. The van der Waals surface area contributed by atoms with E-state index in [1.807, 2.05) is 36.0 Å². The zero-order valence-corrected chi connectivity index (χ0v) is 11.9. The van der Waals surface area contributed by atoms with Crippen molar-refractivity contribution in [3.63, 3.8) is 0 Å². The number of nitrogens with zero attached hydrogens (tertiary/aromatic N) is 2. The van der Waals surface area contributed by atoms with Crippen molar-refractivity contribution in [1.29, 1.82) is 0 Å². The molecule has 0 unspecified atom stereocenters. The Hall–Kier alpha value is -1.82. The molecule has 1 aromatic carbocycles. The van der Waals surface area contributed by atoms with Crippen molar-refractivity contribution >= 4 is 44.5 Å². The second-order valence-electron chi connectivity index (χ2n) is 4.54. The molecule has 3 amide bonds. The van der Waals surface area contributed by atoms with Crippen LogP contribution in [0.3, 0.4) is 0 Å². The molecule has 19 heavy (non-hydrogen) atoms. The Kier molecular flexibility index (Phi) is 2.82. The molecule has 1 saturated heterocycles. The fraction of sp³-hybridized carbons (Fsp3) is 0.231. The van der Waals surface area contributed by atoms with Crippen molar-refractivity contribution in [2.45, 2.75) is 6.42 Å². The van der Waals surface area contributed by atoms with Gasteiger partial charge in [-0.05, 0) is 18.2 Å². The number of hydrogen-bond donors (Lipinski definition) is 1. The molecule has 0 atom stereocenters. The Balaban J connectivity index is 2.14. The number of carbonyl (C=O) groups is 2. The number of rotatable bonds is 1. The lowest BCUT2D eigenvalue weighted by atomic mass is 10.2. The van der Waals surface area contributed by atoms with Crippen LogP contribution in [0.1, 0.15) is 6.42 Å². The fourth-order valence-electron chi connectivity index (χ4n) is 2.34. The van der Waals surface area contributed by atoms with Gasteiger partial charge in [0.2, 0.25) is 5.91 Å². The number of fused-ring (bicyclic) bond motifs is 1. The first-order valence-electron chi connectivity index (χ1n) is 5.92. The molecule has 1 N–H and O–H groups in total. The van der Waals surface area contributed by atoms with E-state index in [0.717, 1.165) is 21.1 Å². The molecule has 0 spiro atoms. The summed E-state index contributed by atoms with van der Waals surface area (Å²) < 4.78 is 2.90. The molecule has 98 valence electrons. The van der Waals surface area contributed by atoms with E-state index in [1.54, 1.807) is 4.90 Å². The van der Waals surface area contributed by atoms with Gasteiger partial charge in [-0.2, -0.15) is 0 Å². The van der Waals surface area contributed by atoms with Gasteiger partial charge in [-0.1, -0.05) is 15.9 Å². The Morgan fingerprint density at radius 2 is 2.11 bits per heavy atom. The Morgan fingerprint density at radius 3 is 2.84 bits per heavy atom. The molecule has 1 aromatic heterocycles. The summed E-state index contributed by atoms with van der Waals surface area (Å²) in [6, 6.07) is 5.52. The van der Waals surface area contributed by atoms with Crippen molar-refractivity contribution in [3.8, 4) is 0 Å². The van der Waals surface area contributed by atoms with Gasteiger partial charge >= 0.3 is 6.03 Å². The number of urea groups is 1. The second kappa shape index (κ2) is 4.38. The van der Waals surface area contributed by atoms with Crippen molar-refractivity contribution in [1.82, 2.24) is 9.88 Å². The van der Waals surface area contributed by atoms with Crippen molar-refractivity contribution < 1.29 is 9.59 Å². The number of hydrogen-bond acceptors (Lipinski definition) is 2. The number of imide groups is 1. The van der Waals surface area contributed by atoms with E-state index in [0.29, 0.717) is 13.0 Å². The van der Waals surface area contributed by atoms with E-state index in [-0.39, 0.29) is 11.9 Å². The van der Waals surface area contributed by atoms with Gasteiger partial charge in [0.25, 0.3) is 0 Å². The molecule has 1 fully saturated rings. The quantitative estimate of drug-likeness (QED) is 0.876. The van der Waals surface area contributed by atoms with Crippen LogP contribution in [0, 0.1) is 0 Å². The lowest BCUT2D eigenvalue weighted by molar-refractivity contribution is -0.120. The first-order chi connectivity index (χ1) is 9.06. The summed E-state index contributed by atoms with van der Waals surface area (Å²) in [5.74, 6) is -0.222. The monoisotopic (exact) mass is 321 g/mol. The van der Waals surface area contributed by atoms with Crippen LogP contribution in [0.25, 0.3) is 10.9 Å². The summed E-state index contributed by atoms with van der Waals surface area (Å²) >= 11 is 3.46. The van der Waals surface area contributed by atoms with E-state index in [9.17, 15) is 9.59 Å². The van der Waals surface area contributed by atoms with Crippen LogP contribution in [0.4, 0.5) is 10.5 Å². The molecule has 0 radical (unpaired) electrons. The Labute approximate surface area is 118 Å². The number of aryl methyl sites for hydroxylation is 1. The van der Waals surface area contributed by atoms with Crippen molar-refractivity contribution in [3.05, 3.63) is 28.9 Å². The molecule has 2 aromatic rings. The minimum Gasteiger partial charge on any atom is -0.350 e. The third-order valence-corrected chi connectivity index (χ3v) is 3.75. The second-order valence-corrected chi connectivity index (χ2v) is 5.46. The molecule has 0 bridgehead atoms. The van der Waals surface area contributed by atoms with Crippen LogP contribution in [0.2, 0.25) is 0 Å². The molecule has 3 rings (SSSR count). The van der Waals surface area contributed by atoms with Crippen LogP contribution >= 0.6 is 15.9 Å². The molecule has 1 aliphatic rings. The maximum Gasteiger partial charge on any atom is 0.328 e. The molecule has 0 saturated carbocycles. The normalized spacial score (nSPS) is 16.0. The predicted molar refractivity (Wildman–Crippen MR) is 76.1 cm³/mol. The minimum atomic E-state index is -0.362. The number of anilines is 1. The van der Waals surface area contributed by atoms with Gasteiger partial charge < -0.3 is 4.57 Å². The topological polar surface area (TPSA) is 54.3 Å².